The average molecular weight is 232 g/mol. The van der Waals surface area contributed by atoms with Gasteiger partial charge in [-0.15, -0.1) is 0 Å². The predicted octanol–water partition coefficient (Wildman–Crippen LogP) is 2.21. The molecule has 2 N–H and O–H groups in total. The fraction of sp³-hybridized carbons (Fsp3) is 1.00. The molecule has 3 heteroatoms. The van der Waals surface area contributed by atoms with Gasteiger partial charge in [-0.2, -0.15) is 0 Å². The lowest BCUT2D eigenvalue weighted by molar-refractivity contribution is -0.102. The minimum absolute atomic E-state index is 0.0908. The van der Waals surface area contributed by atoms with E-state index in [2.05, 4.69) is 6.92 Å². The van der Waals surface area contributed by atoms with Crippen LogP contribution in [0.25, 0.3) is 0 Å². The van der Waals surface area contributed by atoms with Gasteiger partial charge < -0.3 is 14.9 Å². The molecule has 98 valence electrons. The Morgan fingerprint density at radius 2 is 1.56 bits per heavy atom. The van der Waals surface area contributed by atoms with E-state index in [0.29, 0.717) is 12.5 Å². The Morgan fingerprint density at radius 1 is 1.06 bits per heavy atom. The van der Waals surface area contributed by atoms with Crippen LogP contribution in [0, 0.1) is 11.8 Å². The van der Waals surface area contributed by atoms with Gasteiger partial charge in [-0.3, -0.25) is 0 Å². The molecule has 0 aliphatic heterocycles. The average Bonchev–Trinajstić information content (AvgIpc) is 2.13. The van der Waals surface area contributed by atoms with Crippen LogP contribution in [0.15, 0.2) is 0 Å². The minimum Gasteiger partial charge on any atom is -0.396 e. The van der Waals surface area contributed by atoms with Crippen molar-refractivity contribution in [2.75, 3.05) is 13.2 Å². The van der Waals surface area contributed by atoms with Crippen LogP contribution in [-0.2, 0) is 4.74 Å². The highest BCUT2D eigenvalue weighted by molar-refractivity contribution is 4.79. The van der Waals surface area contributed by atoms with Crippen LogP contribution in [0.4, 0.5) is 0 Å². The zero-order valence-electron chi connectivity index (χ0n) is 11.6. The van der Waals surface area contributed by atoms with Gasteiger partial charge in [0.1, 0.15) is 0 Å². The van der Waals surface area contributed by atoms with Crippen molar-refractivity contribution in [1.29, 1.82) is 0 Å². The molecule has 0 bridgehead atoms. The van der Waals surface area contributed by atoms with E-state index in [0.717, 1.165) is 6.42 Å². The smallest absolute Gasteiger partial charge is 0.0652 e. The molecule has 2 unspecified atom stereocenters. The minimum atomic E-state index is -0.712. The number of aliphatic hydroxyl groups is 2. The van der Waals surface area contributed by atoms with E-state index in [-0.39, 0.29) is 18.1 Å². The number of aliphatic hydroxyl groups excluding tert-OH is 1. The highest BCUT2D eigenvalue weighted by atomic mass is 16.5. The molecule has 0 amide bonds. The second kappa shape index (κ2) is 5.99. The monoisotopic (exact) mass is 232 g/mol. The molecule has 0 aromatic rings. The quantitative estimate of drug-likeness (QED) is 0.707. The summed E-state index contributed by atoms with van der Waals surface area (Å²) < 4.78 is 5.86. The van der Waals surface area contributed by atoms with Gasteiger partial charge in [0.25, 0.3) is 0 Å². The van der Waals surface area contributed by atoms with E-state index in [1.807, 2.05) is 20.8 Å². The second-order valence-corrected chi connectivity index (χ2v) is 5.88. The number of rotatable bonds is 7. The van der Waals surface area contributed by atoms with Crippen LogP contribution in [0.5, 0.6) is 0 Å². The molecule has 0 heterocycles. The van der Waals surface area contributed by atoms with Crippen molar-refractivity contribution in [2.45, 2.75) is 59.2 Å². The van der Waals surface area contributed by atoms with E-state index in [4.69, 9.17) is 9.84 Å². The highest BCUT2D eigenvalue weighted by Gasteiger charge is 2.29. The third-order valence-electron chi connectivity index (χ3n) is 3.66. The third kappa shape index (κ3) is 5.28. The molecule has 16 heavy (non-hydrogen) atoms. The predicted molar refractivity (Wildman–Crippen MR) is 66.4 cm³/mol. The van der Waals surface area contributed by atoms with Crippen molar-refractivity contribution in [3.63, 3.8) is 0 Å². The van der Waals surface area contributed by atoms with E-state index >= 15 is 0 Å². The Hall–Kier alpha value is -0.120. The van der Waals surface area contributed by atoms with Gasteiger partial charge in [0, 0.05) is 12.5 Å². The van der Waals surface area contributed by atoms with Crippen LogP contribution >= 0.6 is 0 Å². The first-order valence-corrected chi connectivity index (χ1v) is 6.08. The van der Waals surface area contributed by atoms with Gasteiger partial charge >= 0.3 is 0 Å². The summed E-state index contributed by atoms with van der Waals surface area (Å²) in [6.07, 6.45) is 0.740. The van der Waals surface area contributed by atoms with Crippen molar-refractivity contribution in [1.82, 2.24) is 0 Å². The van der Waals surface area contributed by atoms with E-state index in [1.54, 1.807) is 13.8 Å². The van der Waals surface area contributed by atoms with Crippen molar-refractivity contribution >= 4 is 0 Å². The van der Waals surface area contributed by atoms with Crippen molar-refractivity contribution < 1.29 is 14.9 Å². The Morgan fingerprint density at radius 3 is 1.94 bits per heavy atom. The first-order valence-electron chi connectivity index (χ1n) is 6.08. The standard InChI is InChI=1S/C13H28O3/c1-10(7-8-14)13(5,6)16-9-11(2)12(3,4)15/h10-11,14-15H,7-9H2,1-6H3. The maximum atomic E-state index is 9.80. The number of hydrogen-bond acceptors (Lipinski definition) is 3. The van der Waals surface area contributed by atoms with E-state index in [9.17, 15) is 5.11 Å². The Bertz CT molecular complexity index is 194. The zero-order chi connectivity index (χ0) is 13.0. The van der Waals surface area contributed by atoms with E-state index < -0.39 is 5.60 Å². The van der Waals surface area contributed by atoms with Crippen LogP contribution in [0.1, 0.15) is 48.0 Å². The summed E-state index contributed by atoms with van der Waals surface area (Å²) in [7, 11) is 0. The number of hydrogen-bond donors (Lipinski definition) is 2. The lowest BCUT2D eigenvalue weighted by Crippen LogP contribution is -2.39. The van der Waals surface area contributed by atoms with Crippen molar-refractivity contribution in [3.8, 4) is 0 Å². The molecular formula is C13H28O3. The zero-order valence-corrected chi connectivity index (χ0v) is 11.6. The van der Waals surface area contributed by atoms with Crippen LogP contribution < -0.4 is 0 Å². The molecule has 0 radical (unpaired) electrons. The third-order valence-corrected chi connectivity index (χ3v) is 3.66. The highest BCUT2D eigenvalue weighted by Crippen LogP contribution is 2.26. The molecule has 0 saturated heterocycles. The van der Waals surface area contributed by atoms with Gasteiger partial charge in [0.2, 0.25) is 0 Å². The Labute approximate surface area is 99.8 Å². The molecule has 0 spiro atoms. The SMILES string of the molecule is CC(COC(C)(C)C(C)CCO)C(C)(C)O. The second-order valence-electron chi connectivity index (χ2n) is 5.88. The first-order chi connectivity index (χ1) is 7.11. The summed E-state index contributed by atoms with van der Waals surface area (Å²) in [6.45, 7) is 12.4. The van der Waals surface area contributed by atoms with Crippen molar-refractivity contribution in [3.05, 3.63) is 0 Å². The molecule has 3 nitrogen and oxygen atoms in total. The van der Waals surface area contributed by atoms with Gasteiger partial charge in [0.05, 0.1) is 17.8 Å². The van der Waals surface area contributed by atoms with Gasteiger partial charge in [-0.25, -0.2) is 0 Å². The van der Waals surface area contributed by atoms with Crippen molar-refractivity contribution in [2.24, 2.45) is 11.8 Å². The largest absolute Gasteiger partial charge is 0.396 e. The summed E-state index contributed by atoms with van der Waals surface area (Å²) in [4.78, 5) is 0. The van der Waals surface area contributed by atoms with E-state index in [1.165, 1.54) is 0 Å². The van der Waals surface area contributed by atoms with Crippen LogP contribution in [-0.4, -0.2) is 34.6 Å². The fourth-order valence-corrected chi connectivity index (χ4v) is 1.23. The molecular weight excluding hydrogens is 204 g/mol. The molecule has 2 atom stereocenters. The van der Waals surface area contributed by atoms with Crippen LogP contribution in [0.2, 0.25) is 0 Å². The van der Waals surface area contributed by atoms with Gasteiger partial charge in [-0.1, -0.05) is 13.8 Å². The normalized spacial score (nSPS) is 17.2. The van der Waals surface area contributed by atoms with Crippen LogP contribution in [0.3, 0.4) is 0 Å². The summed E-state index contributed by atoms with van der Waals surface area (Å²) in [5, 5.41) is 18.7. The molecule has 0 fully saturated rings. The topological polar surface area (TPSA) is 49.7 Å². The molecule has 0 aromatic carbocycles. The maximum absolute atomic E-state index is 9.80. The lowest BCUT2D eigenvalue weighted by atomic mass is 9.89. The Kier molecular flexibility index (Phi) is 5.94. The molecule has 0 aliphatic carbocycles. The first kappa shape index (κ1) is 15.9. The summed E-state index contributed by atoms with van der Waals surface area (Å²) >= 11 is 0. The Balaban J connectivity index is 4.18. The molecule has 0 rings (SSSR count). The maximum Gasteiger partial charge on any atom is 0.0652 e. The molecule has 0 aromatic heterocycles. The summed E-state index contributed by atoms with van der Waals surface area (Å²) in [5.41, 5.74) is -0.974. The fourth-order valence-electron chi connectivity index (χ4n) is 1.23. The summed E-state index contributed by atoms with van der Waals surface area (Å²) in [6, 6.07) is 0. The molecule has 0 saturated carbocycles. The van der Waals surface area contributed by atoms with Gasteiger partial charge in [0.15, 0.2) is 0 Å². The lowest BCUT2D eigenvalue weighted by Gasteiger charge is -2.35. The van der Waals surface area contributed by atoms with Gasteiger partial charge in [-0.05, 0) is 40.0 Å². The number of ether oxygens (including phenoxy) is 1. The summed E-state index contributed by atoms with van der Waals surface area (Å²) in [5.74, 6) is 0.389. The molecule has 0 aliphatic rings.